The van der Waals surface area contributed by atoms with Crippen molar-refractivity contribution in [3.63, 3.8) is 0 Å². The molecule has 0 fully saturated rings. The zero-order valence-corrected chi connectivity index (χ0v) is 18.4. The quantitative estimate of drug-likeness (QED) is 0.528. The van der Waals surface area contributed by atoms with Crippen molar-refractivity contribution in [1.82, 2.24) is 0 Å². The highest BCUT2D eigenvalue weighted by molar-refractivity contribution is 7.93. The summed E-state index contributed by atoms with van der Waals surface area (Å²) >= 11 is 5.98. The molecule has 156 valence electrons. The first-order valence-electron chi connectivity index (χ1n) is 9.34. The van der Waals surface area contributed by atoms with Crippen LogP contribution >= 0.6 is 11.6 Å². The van der Waals surface area contributed by atoms with E-state index in [4.69, 9.17) is 16.3 Å². The molecule has 5 nitrogen and oxygen atoms in total. The summed E-state index contributed by atoms with van der Waals surface area (Å²) in [4.78, 5) is 13.3. The number of sulfonamides is 1. The lowest BCUT2D eigenvalue weighted by molar-refractivity contribution is -0.123. The van der Waals surface area contributed by atoms with Crippen molar-refractivity contribution < 1.29 is 17.9 Å². The molecular weight excluding hydrogens is 422 g/mol. The van der Waals surface area contributed by atoms with E-state index < -0.39 is 22.0 Å². The van der Waals surface area contributed by atoms with Gasteiger partial charge in [0, 0.05) is 5.02 Å². The molecule has 0 saturated heterocycles. The van der Waals surface area contributed by atoms with Crippen molar-refractivity contribution in [1.29, 1.82) is 0 Å². The molecule has 0 spiro atoms. The molecule has 3 rings (SSSR count). The minimum absolute atomic E-state index is 0.0220. The lowest BCUT2D eigenvalue weighted by Gasteiger charge is -2.26. The van der Waals surface area contributed by atoms with E-state index in [0.717, 1.165) is 15.4 Å². The Morgan fingerprint density at radius 3 is 2.20 bits per heavy atom. The van der Waals surface area contributed by atoms with E-state index in [1.165, 1.54) is 19.1 Å². The number of hydrogen-bond donors (Lipinski definition) is 0. The van der Waals surface area contributed by atoms with E-state index in [0.29, 0.717) is 10.8 Å². The van der Waals surface area contributed by atoms with Gasteiger partial charge >= 0.3 is 0 Å². The largest absolute Gasteiger partial charge is 0.481 e. The van der Waals surface area contributed by atoms with E-state index in [-0.39, 0.29) is 10.6 Å². The van der Waals surface area contributed by atoms with Gasteiger partial charge < -0.3 is 4.74 Å². The standard InChI is InChI=1S/C23H22ClNO4S/c1-16-9-12-20(13-10-16)25(30(27,28)21-7-5-4-6-8-21)23(26)18(3)29-22-14-11-19(24)15-17(22)2/h4-15,18H,1-3H3. The smallest absolute Gasteiger partial charge is 0.281 e. The average Bonchev–Trinajstić information content (AvgIpc) is 2.72. The van der Waals surface area contributed by atoms with Crippen LogP contribution in [0.4, 0.5) is 5.69 Å². The fourth-order valence-corrected chi connectivity index (χ4v) is 4.64. The fourth-order valence-electron chi connectivity index (χ4n) is 2.91. The first kappa shape index (κ1) is 21.9. The van der Waals surface area contributed by atoms with Gasteiger partial charge in [0.15, 0.2) is 6.10 Å². The van der Waals surface area contributed by atoms with Crippen LogP contribution in [-0.4, -0.2) is 20.4 Å². The van der Waals surface area contributed by atoms with Crippen molar-refractivity contribution in [2.45, 2.75) is 31.8 Å². The van der Waals surface area contributed by atoms with E-state index >= 15 is 0 Å². The van der Waals surface area contributed by atoms with Crippen molar-refractivity contribution in [3.8, 4) is 5.75 Å². The van der Waals surface area contributed by atoms with Crippen LogP contribution in [0.3, 0.4) is 0 Å². The Balaban J connectivity index is 2.01. The van der Waals surface area contributed by atoms with Crippen molar-refractivity contribution in [2.75, 3.05) is 4.31 Å². The molecular formula is C23H22ClNO4S. The summed E-state index contributed by atoms with van der Waals surface area (Å²) in [6, 6.07) is 19.6. The van der Waals surface area contributed by atoms with Crippen molar-refractivity contribution in [3.05, 3.63) is 88.9 Å². The minimum Gasteiger partial charge on any atom is -0.481 e. The molecule has 0 saturated carbocycles. The second-order valence-corrected chi connectivity index (χ2v) is 9.15. The summed E-state index contributed by atoms with van der Waals surface area (Å²) in [6.07, 6.45) is -1.05. The molecule has 0 radical (unpaired) electrons. The van der Waals surface area contributed by atoms with Crippen LogP contribution in [0.25, 0.3) is 0 Å². The van der Waals surface area contributed by atoms with Crippen molar-refractivity contribution >= 4 is 33.2 Å². The van der Waals surface area contributed by atoms with Gasteiger partial charge in [-0.05, 0) is 68.8 Å². The molecule has 0 aliphatic carbocycles. The van der Waals surface area contributed by atoms with Gasteiger partial charge in [0.05, 0.1) is 10.6 Å². The first-order valence-corrected chi connectivity index (χ1v) is 11.2. The normalized spacial score (nSPS) is 12.3. The Hall–Kier alpha value is -2.83. The summed E-state index contributed by atoms with van der Waals surface area (Å²) in [7, 11) is -4.14. The van der Waals surface area contributed by atoms with Crippen LogP contribution in [0.1, 0.15) is 18.1 Å². The SMILES string of the molecule is Cc1ccc(N(C(=O)C(C)Oc2ccc(Cl)cc2C)S(=O)(=O)c2ccccc2)cc1. The average molecular weight is 444 g/mol. The predicted molar refractivity (Wildman–Crippen MR) is 119 cm³/mol. The third-order valence-corrected chi connectivity index (χ3v) is 6.51. The highest BCUT2D eigenvalue weighted by Gasteiger charge is 2.34. The molecule has 0 aliphatic rings. The fraction of sp³-hybridized carbons (Fsp3) is 0.174. The first-order chi connectivity index (χ1) is 14.2. The Bertz CT molecular complexity index is 1150. The third-order valence-electron chi connectivity index (χ3n) is 4.54. The van der Waals surface area contributed by atoms with Gasteiger partial charge in [-0.2, -0.15) is 4.31 Å². The maximum Gasteiger partial charge on any atom is 0.281 e. The molecule has 0 heterocycles. The summed E-state index contributed by atoms with van der Waals surface area (Å²) in [5.74, 6) is -0.238. The molecule has 0 N–H and O–H groups in total. The van der Waals surface area contributed by atoms with E-state index in [1.54, 1.807) is 67.6 Å². The topological polar surface area (TPSA) is 63.7 Å². The van der Waals surface area contributed by atoms with Crippen molar-refractivity contribution in [2.24, 2.45) is 0 Å². The van der Waals surface area contributed by atoms with Gasteiger partial charge in [-0.15, -0.1) is 0 Å². The molecule has 3 aromatic carbocycles. The lowest BCUT2D eigenvalue weighted by atomic mass is 10.2. The summed E-state index contributed by atoms with van der Waals surface area (Å²) in [5.41, 5.74) is 1.94. The molecule has 0 aromatic heterocycles. The summed E-state index contributed by atoms with van der Waals surface area (Å²) in [5, 5.41) is 0.548. The van der Waals surface area contributed by atoms with Crippen LogP contribution in [0, 0.1) is 13.8 Å². The Labute approximate surface area is 181 Å². The predicted octanol–water partition coefficient (Wildman–Crippen LogP) is 5.15. The van der Waals surface area contributed by atoms with Gasteiger partial charge in [-0.25, -0.2) is 8.42 Å². The maximum absolute atomic E-state index is 13.4. The number of aryl methyl sites for hydroxylation is 2. The summed E-state index contributed by atoms with van der Waals surface area (Å²) in [6.45, 7) is 5.21. The summed E-state index contributed by atoms with van der Waals surface area (Å²) < 4.78 is 33.3. The van der Waals surface area contributed by atoms with Gasteiger partial charge in [0.2, 0.25) is 0 Å². The monoisotopic (exact) mass is 443 g/mol. The van der Waals surface area contributed by atoms with E-state index in [9.17, 15) is 13.2 Å². The maximum atomic E-state index is 13.4. The number of nitrogens with zero attached hydrogens (tertiary/aromatic N) is 1. The van der Waals surface area contributed by atoms with Crippen LogP contribution in [0.5, 0.6) is 5.75 Å². The van der Waals surface area contributed by atoms with Gasteiger partial charge in [0.25, 0.3) is 15.9 Å². The van der Waals surface area contributed by atoms with Gasteiger partial charge in [-0.3, -0.25) is 4.79 Å². The number of amides is 1. The van der Waals surface area contributed by atoms with Crippen LogP contribution in [-0.2, 0) is 14.8 Å². The molecule has 0 bridgehead atoms. The second kappa shape index (κ2) is 8.90. The highest BCUT2D eigenvalue weighted by atomic mass is 35.5. The number of ether oxygens (including phenoxy) is 1. The molecule has 1 amide bonds. The number of carbonyl (C=O) groups excluding carboxylic acids is 1. The Kier molecular flexibility index (Phi) is 6.48. The Morgan fingerprint density at radius 2 is 1.60 bits per heavy atom. The molecule has 3 aromatic rings. The third kappa shape index (κ3) is 4.66. The number of carbonyl (C=O) groups is 1. The zero-order valence-electron chi connectivity index (χ0n) is 16.9. The van der Waals surface area contributed by atoms with Crippen LogP contribution < -0.4 is 9.04 Å². The van der Waals surface area contributed by atoms with Gasteiger partial charge in [0.1, 0.15) is 5.75 Å². The Morgan fingerprint density at radius 1 is 0.967 bits per heavy atom. The second-order valence-electron chi connectivity index (χ2n) is 6.93. The minimum atomic E-state index is -4.14. The number of anilines is 1. The molecule has 1 atom stereocenters. The number of halogens is 1. The molecule has 30 heavy (non-hydrogen) atoms. The number of benzene rings is 3. The van der Waals surface area contributed by atoms with E-state index in [1.807, 2.05) is 6.92 Å². The molecule has 1 unspecified atom stereocenters. The zero-order chi connectivity index (χ0) is 21.9. The van der Waals surface area contributed by atoms with E-state index in [2.05, 4.69) is 0 Å². The number of rotatable bonds is 6. The molecule has 7 heteroatoms. The van der Waals surface area contributed by atoms with Gasteiger partial charge in [-0.1, -0.05) is 47.5 Å². The lowest BCUT2D eigenvalue weighted by Crippen LogP contribution is -2.44. The van der Waals surface area contributed by atoms with Crippen LogP contribution in [0.15, 0.2) is 77.7 Å². The highest BCUT2D eigenvalue weighted by Crippen LogP contribution is 2.27. The number of hydrogen-bond acceptors (Lipinski definition) is 4. The molecule has 0 aliphatic heterocycles. The van der Waals surface area contributed by atoms with Crippen LogP contribution in [0.2, 0.25) is 5.02 Å².